The molecule has 0 spiro atoms. The molecule has 0 aliphatic carbocycles. The molecule has 7 nitrogen and oxygen atoms in total. The van der Waals surface area contributed by atoms with Crippen LogP contribution in [-0.2, 0) is 16.1 Å². The molecule has 1 aromatic rings. The number of carbonyl (C=O) groups is 1. The highest BCUT2D eigenvalue weighted by Gasteiger charge is 2.13. The van der Waals surface area contributed by atoms with E-state index >= 15 is 0 Å². The third-order valence-corrected chi connectivity index (χ3v) is 2.98. The van der Waals surface area contributed by atoms with Gasteiger partial charge in [0.1, 0.15) is 0 Å². The van der Waals surface area contributed by atoms with Crippen molar-refractivity contribution < 1.29 is 23.7 Å². The van der Waals surface area contributed by atoms with Crippen LogP contribution in [0.5, 0.6) is 17.2 Å². The predicted octanol–water partition coefficient (Wildman–Crippen LogP) is 0.986. The van der Waals surface area contributed by atoms with Crippen LogP contribution in [0.3, 0.4) is 0 Å². The van der Waals surface area contributed by atoms with Crippen LogP contribution in [0, 0.1) is 0 Å². The van der Waals surface area contributed by atoms with Crippen LogP contribution < -0.4 is 24.8 Å². The topological polar surface area (TPSA) is 78.1 Å². The van der Waals surface area contributed by atoms with Gasteiger partial charge < -0.3 is 29.6 Å². The van der Waals surface area contributed by atoms with E-state index in [1.165, 1.54) is 0 Å². The van der Waals surface area contributed by atoms with Gasteiger partial charge in [0.15, 0.2) is 11.5 Å². The van der Waals surface area contributed by atoms with Crippen LogP contribution in [0.25, 0.3) is 0 Å². The number of nitrogens with one attached hydrogen (secondary N) is 2. The van der Waals surface area contributed by atoms with Crippen molar-refractivity contribution in [2.75, 3.05) is 48.1 Å². The Bertz CT molecular complexity index is 460. The molecule has 0 heterocycles. The van der Waals surface area contributed by atoms with Crippen molar-refractivity contribution >= 4 is 18.3 Å². The van der Waals surface area contributed by atoms with E-state index < -0.39 is 0 Å². The second-order valence-electron chi connectivity index (χ2n) is 4.48. The maximum absolute atomic E-state index is 11.7. The summed E-state index contributed by atoms with van der Waals surface area (Å²) >= 11 is 0. The number of ether oxygens (including phenoxy) is 4. The van der Waals surface area contributed by atoms with Gasteiger partial charge in [0, 0.05) is 20.2 Å². The molecule has 0 aromatic heterocycles. The first kappa shape index (κ1) is 21.3. The van der Waals surface area contributed by atoms with Crippen LogP contribution >= 0.6 is 12.4 Å². The lowest BCUT2D eigenvalue weighted by Gasteiger charge is -2.14. The van der Waals surface area contributed by atoms with Gasteiger partial charge in [-0.05, 0) is 17.7 Å². The molecule has 0 bridgehead atoms. The number of amides is 1. The molecule has 1 rings (SSSR count). The van der Waals surface area contributed by atoms with Crippen LogP contribution in [0.15, 0.2) is 12.1 Å². The molecule has 0 aliphatic heterocycles. The Balaban J connectivity index is 0.00000484. The Morgan fingerprint density at radius 2 is 1.65 bits per heavy atom. The molecule has 0 saturated heterocycles. The molecule has 0 atom stereocenters. The van der Waals surface area contributed by atoms with Crippen molar-refractivity contribution in [3.63, 3.8) is 0 Å². The first-order valence-corrected chi connectivity index (χ1v) is 6.91. The third-order valence-electron chi connectivity index (χ3n) is 2.98. The lowest BCUT2D eigenvalue weighted by Crippen LogP contribution is -2.34. The van der Waals surface area contributed by atoms with Gasteiger partial charge in [-0.1, -0.05) is 0 Å². The molecule has 8 heteroatoms. The molecular weight excluding hydrogens is 324 g/mol. The molecule has 1 amide bonds. The van der Waals surface area contributed by atoms with Crippen LogP contribution in [0.1, 0.15) is 5.56 Å². The van der Waals surface area contributed by atoms with Gasteiger partial charge in [-0.2, -0.15) is 0 Å². The average Bonchev–Trinajstić information content (AvgIpc) is 2.55. The Morgan fingerprint density at radius 3 is 2.13 bits per heavy atom. The summed E-state index contributed by atoms with van der Waals surface area (Å²) in [6.45, 7) is 1.82. The summed E-state index contributed by atoms with van der Waals surface area (Å²) in [5.74, 6) is 1.56. The lowest BCUT2D eigenvalue weighted by molar-refractivity contribution is -0.120. The lowest BCUT2D eigenvalue weighted by atomic mass is 10.1. The number of rotatable bonds is 10. The minimum atomic E-state index is -0.0927. The smallest absolute Gasteiger partial charge is 0.234 e. The summed E-state index contributed by atoms with van der Waals surface area (Å²) in [5.41, 5.74) is 0.861. The highest BCUT2D eigenvalue weighted by atomic mass is 35.5. The van der Waals surface area contributed by atoms with Gasteiger partial charge in [-0.15, -0.1) is 12.4 Å². The minimum absolute atomic E-state index is 0. The minimum Gasteiger partial charge on any atom is -0.493 e. The Morgan fingerprint density at radius 1 is 1.04 bits per heavy atom. The number of hydrogen-bond donors (Lipinski definition) is 2. The Labute approximate surface area is 143 Å². The summed E-state index contributed by atoms with van der Waals surface area (Å²) < 4.78 is 20.7. The first-order valence-electron chi connectivity index (χ1n) is 6.91. The zero-order chi connectivity index (χ0) is 16.4. The molecule has 132 valence electrons. The Kier molecular flexibility index (Phi) is 10.9. The molecule has 1 aromatic carbocycles. The summed E-state index contributed by atoms with van der Waals surface area (Å²) in [4.78, 5) is 11.7. The van der Waals surface area contributed by atoms with Crippen molar-refractivity contribution in [3.8, 4) is 17.2 Å². The molecule has 2 N–H and O–H groups in total. The number of halogens is 1. The average molecular weight is 349 g/mol. The molecular formula is C15H25ClN2O5. The Hall–Kier alpha value is -1.70. The molecule has 0 fully saturated rings. The van der Waals surface area contributed by atoms with Gasteiger partial charge in [-0.3, -0.25) is 4.79 Å². The SMILES string of the molecule is COCCNCC(=O)NCc1cc(OC)c(OC)c(OC)c1.Cl. The van der Waals surface area contributed by atoms with Gasteiger partial charge in [-0.25, -0.2) is 0 Å². The third kappa shape index (κ3) is 6.94. The van der Waals surface area contributed by atoms with E-state index in [-0.39, 0.29) is 24.9 Å². The largest absolute Gasteiger partial charge is 0.493 e. The van der Waals surface area contributed by atoms with Gasteiger partial charge in [0.2, 0.25) is 11.7 Å². The maximum Gasteiger partial charge on any atom is 0.234 e. The van der Waals surface area contributed by atoms with Crippen molar-refractivity contribution in [3.05, 3.63) is 17.7 Å². The van der Waals surface area contributed by atoms with Crippen LogP contribution in [-0.4, -0.2) is 54.0 Å². The van der Waals surface area contributed by atoms with Crippen LogP contribution in [0.4, 0.5) is 0 Å². The summed E-state index contributed by atoms with van der Waals surface area (Å²) in [5, 5.41) is 5.80. The molecule has 0 unspecified atom stereocenters. The fraction of sp³-hybridized carbons (Fsp3) is 0.533. The van der Waals surface area contributed by atoms with Crippen LogP contribution in [0.2, 0.25) is 0 Å². The van der Waals surface area contributed by atoms with E-state index in [1.807, 2.05) is 0 Å². The van der Waals surface area contributed by atoms with E-state index in [9.17, 15) is 4.79 Å². The highest BCUT2D eigenvalue weighted by molar-refractivity contribution is 5.85. The molecule has 0 saturated carbocycles. The fourth-order valence-electron chi connectivity index (χ4n) is 1.88. The van der Waals surface area contributed by atoms with Gasteiger partial charge in [0.05, 0.1) is 34.5 Å². The predicted molar refractivity (Wildman–Crippen MR) is 89.9 cm³/mol. The summed E-state index contributed by atoms with van der Waals surface area (Å²) in [7, 11) is 6.28. The summed E-state index contributed by atoms with van der Waals surface area (Å²) in [6, 6.07) is 3.61. The quantitative estimate of drug-likeness (QED) is 0.614. The van der Waals surface area contributed by atoms with Crippen molar-refractivity contribution in [1.82, 2.24) is 10.6 Å². The fourth-order valence-corrected chi connectivity index (χ4v) is 1.88. The number of carbonyl (C=O) groups excluding carboxylic acids is 1. The van der Waals surface area contributed by atoms with E-state index in [2.05, 4.69) is 10.6 Å². The van der Waals surface area contributed by atoms with E-state index in [0.717, 1.165) is 5.56 Å². The zero-order valence-electron chi connectivity index (χ0n) is 13.9. The second-order valence-corrected chi connectivity index (χ2v) is 4.48. The van der Waals surface area contributed by atoms with Crippen molar-refractivity contribution in [1.29, 1.82) is 0 Å². The zero-order valence-corrected chi connectivity index (χ0v) is 14.7. The standard InChI is InChI=1S/C15H24N2O5.ClH/c1-19-6-5-16-10-14(18)17-9-11-7-12(20-2)15(22-4)13(8-11)21-3;/h7-8,16H,5-6,9-10H2,1-4H3,(H,17,18);1H. The van der Waals surface area contributed by atoms with Crippen molar-refractivity contribution in [2.45, 2.75) is 6.54 Å². The van der Waals surface area contributed by atoms with E-state index in [1.54, 1.807) is 40.6 Å². The molecule has 0 aliphatic rings. The molecule has 0 radical (unpaired) electrons. The monoisotopic (exact) mass is 348 g/mol. The molecule has 23 heavy (non-hydrogen) atoms. The number of benzene rings is 1. The number of methoxy groups -OCH3 is 4. The van der Waals surface area contributed by atoms with Gasteiger partial charge >= 0.3 is 0 Å². The highest BCUT2D eigenvalue weighted by Crippen LogP contribution is 2.38. The normalized spacial score (nSPS) is 9.74. The van der Waals surface area contributed by atoms with Crippen molar-refractivity contribution in [2.24, 2.45) is 0 Å². The van der Waals surface area contributed by atoms with E-state index in [4.69, 9.17) is 18.9 Å². The number of hydrogen-bond acceptors (Lipinski definition) is 6. The van der Waals surface area contributed by atoms with Gasteiger partial charge in [0.25, 0.3) is 0 Å². The first-order chi connectivity index (χ1) is 10.7. The maximum atomic E-state index is 11.7. The second kappa shape index (κ2) is 11.8. The van der Waals surface area contributed by atoms with E-state index in [0.29, 0.717) is 36.9 Å². The summed E-state index contributed by atoms with van der Waals surface area (Å²) in [6.07, 6.45) is 0.